The van der Waals surface area contributed by atoms with Crippen molar-refractivity contribution in [2.24, 2.45) is 0 Å². The second kappa shape index (κ2) is 7.05. The lowest BCUT2D eigenvalue weighted by Gasteiger charge is -2.28. The Hall–Kier alpha value is -2.06. The number of fused-ring (bicyclic) bond motifs is 1. The first kappa shape index (κ1) is 17.8. The molecule has 0 saturated heterocycles. The molecule has 0 atom stereocenters. The zero-order valence-corrected chi connectivity index (χ0v) is 15.5. The number of pyridine rings is 1. The predicted octanol–water partition coefficient (Wildman–Crippen LogP) is 1.62. The highest BCUT2D eigenvalue weighted by atomic mass is 32.2. The molecule has 1 aliphatic rings. The summed E-state index contributed by atoms with van der Waals surface area (Å²) in [5, 5.41) is -0.0976. The van der Waals surface area contributed by atoms with Crippen LogP contribution in [0.1, 0.15) is 30.7 Å². The van der Waals surface area contributed by atoms with Crippen molar-refractivity contribution in [2.75, 3.05) is 12.8 Å². The molecule has 7 nitrogen and oxygen atoms in total. The number of nitrogens with zero attached hydrogens (tertiary/aromatic N) is 4. The van der Waals surface area contributed by atoms with Crippen LogP contribution in [0.3, 0.4) is 0 Å². The zero-order chi connectivity index (χ0) is 18.0. The van der Waals surface area contributed by atoms with Crippen molar-refractivity contribution in [3.63, 3.8) is 0 Å². The third-order valence-electron chi connectivity index (χ3n) is 3.91. The monoisotopic (exact) mass is 362 g/mol. The molecular formula is C17H22N4O3S. The maximum Gasteiger partial charge on any atom is 0.246 e. The van der Waals surface area contributed by atoms with E-state index in [-0.39, 0.29) is 11.3 Å². The molecule has 0 fully saturated rings. The number of rotatable bonds is 5. The highest BCUT2D eigenvalue weighted by Crippen LogP contribution is 2.23. The number of hydrogen-bond donors (Lipinski definition) is 0. The van der Waals surface area contributed by atoms with Gasteiger partial charge in [0.05, 0.1) is 11.8 Å². The minimum absolute atomic E-state index is 0.0681. The first-order valence-corrected chi connectivity index (χ1v) is 10.1. The lowest BCUT2D eigenvalue weighted by atomic mass is 10.1. The molecule has 0 aliphatic carbocycles. The van der Waals surface area contributed by atoms with Gasteiger partial charge in [-0.25, -0.2) is 23.4 Å². The van der Waals surface area contributed by atoms with Gasteiger partial charge in [0.1, 0.15) is 0 Å². The molecule has 0 amide bonds. The fraction of sp³-hybridized carbons (Fsp3) is 0.471. The molecule has 0 aromatic carbocycles. The number of aromatic nitrogens is 3. The highest BCUT2D eigenvalue weighted by molar-refractivity contribution is 7.90. The molecule has 3 rings (SSSR count). The van der Waals surface area contributed by atoms with Crippen LogP contribution in [0.2, 0.25) is 0 Å². The normalized spacial score (nSPS) is 15.2. The summed E-state index contributed by atoms with van der Waals surface area (Å²) in [7, 11) is -3.38. The van der Waals surface area contributed by atoms with Gasteiger partial charge in [-0.15, -0.1) is 0 Å². The maximum atomic E-state index is 11.6. The second-order valence-electron chi connectivity index (χ2n) is 6.49. The molecule has 0 bridgehead atoms. The molecule has 8 heteroatoms. The fourth-order valence-corrected chi connectivity index (χ4v) is 3.30. The molecular weight excluding hydrogens is 340 g/mol. The SMILES string of the molecule is CC(C)Oc1ncccc1CN1CCc2nc(S(C)(=O)=O)ncc2C1. The van der Waals surface area contributed by atoms with Gasteiger partial charge in [0, 0.05) is 55.8 Å². The lowest BCUT2D eigenvalue weighted by molar-refractivity contribution is 0.211. The van der Waals surface area contributed by atoms with Crippen molar-refractivity contribution in [1.29, 1.82) is 0 Å². The van der Waals surface area contributed by atoms with E-state index in [0.29, 0.717) is 25.4 Å². The summed E-state index contributed by atoms with van der Waals surface area (Å²) in [4.78, 5) is 14.8. The van der Waals surface area contributed by atoms with Gasteiger partial charge in [-0.2, -0.15) is 0 Å². The predicted molar refractivity (Wildman–Crippen MR) is 93.0 cm³/mol. The van der Waals surface area contributed by atoms with Crippen molar-refractivity contribution in [3.05, 3.63) is 41.3 Å². The molecule has 134 valence electrons. The standard InChI is InChI=1S/C17H22N4O3S/c1-12(2)24-16-13(5-4-7-18-16)10-21-8-6-15-14(11-21)9-19-17(20-15)25(3,22)23/h4-5,7,9,12H,6,8,10-11H2,1-3H3. The average Bonchev–Trinajstić information content (AvgIpc) is 2.55. The molecule has 25 heavy (non-hydrogen) atoms. The Morgan fingerprint density at radius 2 is 2.12 bits per heavy atom. The van der Waals surface area contributed by atoms with E-state index < -0.39 is 9.84 Å². The van der Waals surface area contributed by atoms with Crippen molar-refractivity contribution in [1.82, 2.24) is 19.9 Å². The van der Waals surface area contributed by atoms with Gasteiger partial charge in [0.15, 0.2) is 0 Å². The van der Waals surface area contributed by atoms with E-state index in [2.05, 4.69) is 19.9 Å². The third-order valence-corrected chi connectivity index (χ3v) is 4.77. The minimum atomic E-state index is -3.38. The van der Waals surface area contributed by atoms with Crippen LogP contribution in [-0.2, 0) is 29.3 Å². The first-order valence-electron chi connectivity index (χ1n) is 8.20. The molecule has 0 spiro atoms. The summed E-state index contributed by atoms with van der Waals surface area (Å²) in [6.45, 7) is 6.14. The average molecular weight is 362 g/mol. The van der Waals surface area contributed by atoms with Crippen LogP contribution in [-0.4, -0.2) is 47.2 Å². The Morgan fingerprint density at radius 3 is 2.84 bits per heavy atom. The van der Waals surface area contributed by atoms with Gasteiger partial charge in [-0.1, -0.05) is 6.07 Å². The van der Waals surface area contributed by atoms with Gasteiger partial charge in [-0.05, 0) is 19.9 Å². The fourth-order valence-electron chi connectivity index (χ4n) is 2.78. The van der Waals surface area contributed by atoms with Gasteiger partial charge in [0.25, 0.3) is 0 Å². The number of ether oxygens (including phenoxy) is 1. The summed E-state index contributed by atoms with van der Waals surface area (Å²) >= 11 is 0. The van der Waals surface area contributed by atoms with Crippen molar-refractivity contribution in [3.8, 4) is 5.88 Å². The topological polar surface area (TPSA) is 85.3 Å². The molecule has 0 unspecified atom stereocenters. The van der Waals surface area contributed by atoms with Crippen molar-refractivity contribution >= 4 is 9.84 Å². The summed E-state index contributed by atoms with van der Waals surface area (Å²) in [6.07, 6.45) is 5.25. The van der Waals surface area contributed by atoms with Gasteiger partial charge in [-0.3, -0.25) is 4.90 Å². The van der Waals surface area contributed by atoms with Crippen LogP contribution in [0, 0.1) is 0 Å². The Labute approximate surface area is 148 Å². The molecule has 0 N–H and O–H groups in total. The highest BCUT2D eigenvalue weighted by Gasteiger charge is 2.22. The van der Waals surface area contributed by atoms with E-state index in [1.807, 2.05) is 26.0 Å². The smallest absolute Gasteiger partial charge is 0.246 e. The first-order chi connectivity index (χ1) is 11.8. The summed E-state index contributed by atoms with van der Waals surface area (Å²) in [5.41, 5.74) is 2.82. The van der Waals surface area contributed by atoms with E-state index in [0.717, 1.165) is 29.6 Å². The molecule has 3 heterocycles. The zero-order valence-electron chi connectivity index (χ0n) is 14.6. The second-order valence-corrected chi connectivity index (χ2v) is 8.40. The largest absolute Gasteiger partial charge is 0.475 e. The summed E-state index contributed by atoms with van der Waals surface area (Å²) < 4.78 is 29.0. The van der Waals surface area contributed by atoms with Gasteiger partial charge >= 0.3 is 0 Å². The lowest BCUT2D eigenvalue weighted by Crippen LogP contribution is -2.31. The van der Waals surface area contributed by atoms with Crippen LogP contribution in [0.5, 0.6) is 5.88 Å². The van der Waals surface area contributed by atoms with Crippen LogP contribution in [0.25, 0.3) is 0 Å². The molecule has 2 aromatic heterocycles. The summed E-state index contributed by atoms with van der Waals surface area (Å²) in [5.74, 6) is 0.659. The molecule has 0 saturated carbocycles. The Bertz CT molecular complexity index is 868. The quantitative estimate of drug-likeness (QED) is 0.747. The van der Waals surface area contributed by atoms with Crippen LogP contribution in [0.4, 0.5) is 0 Å². The molecule has 1 aliphatic heterocycles. The maximum absolute atomic E-state index is 11.6. The van der Waals surface area contributed by atoms with Crippen molar-refractivity contribution < 1.29 is 13.2 Å². The van der Waals surface area contributed by atoms with Crippen LogP contribution >= 0.6 is 0 Å². The molecule has 0 radical (unpaired) electrons. The number of sulfone groups is 1. The van der Waals surface area contributed by atoms with E-state index in [1.165, 1.54) is 0 Å². The van der Waals surface area contributed by atoms with Crippen LogP contribution < -0.4 is 4.74 Å². The molecule has 2 aromatic rings. The Balaban J connectivity index is 1.76. The van der Waals surface area contributed by atoms with E-state index in [1.54, 1.807) is 12.4 Å². The van der Waals surface area contributed by atoms with Gasteiger partial charge in [0.2, 0.25) is 20.9 Å². The van der Waals surface area contributed by atoms with E-state index in [9.17, 15) is 8.42 Å². The number of hydrogen-bond acceptors (Lipinski definition) is 7. The van der Waals surface area contributed by atoms with Crippen LogP contribution in [0.15, 0.2) is 29.7 Å². The summed E-state index contributed by atoms with van der Waals surface area (Å²) in [6, 6.07) is 3.92. The van der Waals surface area contributed by atoms with E-state index in [4.69, 9.17) is 4.74 Å². The Morgan fingerprint density at radius 1 is 1.32 bits per heavy atom. The Kier molecular flexibility index (Phi) is 5.01. The van der Waals surface area contributed by atoms with Gasteiger partial charge < -0.3 is 4.74 Å². The van der Waals surface area contributed by atoms with E-state index >= 15 is 0 Å². The third kappa shape index (κ3) is 4.32. The minimum Gasteiger partial charge on any atom is -0.475 e. The van der Waals surface area contributed by atoms with Crippen molar-refractivity contribution in [2.45, 2.75) is 44.6 Å².